The van der Waals surface area contributed by atoms with E-state index in [1.807, 2.05) is 55.5 Å². The zero-order chi connectivity index (χ0) is 22.8. The van der Waals surface area contributed by atoms with E-state index in [1.54, 1.807) is 24.5 Å². The van der Waals surface area contributed by atoms with E-state index >= 15 is 0 Å². The van der Waals surface area contributed by atoms with Crippen LogP contribution in [0.25, 0.3) is 31.8 Å². The summed E-state index contributed by atoms with van der Waals surface area (Å²) in [7, 11) is 1.62. The molecule has 3 aromatic carbocycles. The predicted molar refractivity (Wildman–Crippen MR) is 130 cm³/mol. The Morgan fingerprint density at radius 1 is 0.939 bits per heavy atom. The number of thiazole rings is 1. The molecule has 0 N–H and O–H groups in total. The number of aryl methyl sites for hydroxylation is 1. The molecule has 33 heavy (non-hydrogen) atoms. The van der Waals surface area contributed by atoms with Crippen molar-refractivity contribution in [2.24, 2.45) is 0 Å². The summed E-state index contributed by atoms with van der Waals surface area (Å²) in [6.07, 6.45) is 0. The van der Waals surface area contributed by atoms with E-state index in [-0.39, 0.29) is 5.63 Å². The average Bonchev–Trinajstić information content (AvgIpc) is 3.26. The van der Waals surface area contributed by atoms with Crippen molar-refractivity contribution in [3.63, 3.8) is 0 Å². The maximum absolute atomic E-state index is 11.6. The van der Waals surface area contributed by atoms with Crippen LogP contribution in [0.15, 0.2) is 75.9 Å². The van der Waals surface area contributed by atoms with Crippen LogP contribution >= 0.6 is 11.3 Å². The van der Waals surface area contributed by atoms with E-state index in [9.17, 15) is 4.79 Å². The first-order chi connectivity index (χ1) is 16.1. The lowest BCUT2D eigenvalue weighted by atomic mass is 10.1. The van der Waals surface area contributed by atoms with Crippen molar-refractivity contribution < 1.29 is 18.6 Å². The van der Waals surface area contributed by atoms with Gasteiger partial charge in [-0.15, -0.1) is 11.3 Å². The first-order valence-electron chi connectivity index (χ1n) is 10.4. The van der Waals surface area contributed by atoms with Crippen molar-refractivity contribution in [1.29, 1.82) is 0 Å². The Morgan fingerprint density at radius 3 is 2.64 bits per heavy atom. The Kier molecular flexibility index (Phi) is 5.71. The van der Waals surface area contributed by atoms with E-state index in [0.29, 0.717) is 36.0 Å². The maximum atomic E-state index is 11.6. The average molecular weight is 460 g/mol. The smallest absolute Gasteiger partial charge is 0.336 e. The zero-order valence-corrected chi connectivity index (χ0v) is 19.0. The van der Waals surface area contributed by atoms with Gasteiger partial charge in [-0.1, -0.05) is 12.1 Å². The normalized spacial score (nSPS) is 11.1. The quantitative estimate of drug-likeness (QED) is 0.225. The molecule has 0 saturated carbocycles. The molecule has 166 valence electrons. The van der Waals surface area contributed by atoms with Crippen molar-refractivity contribution in [3.8, 4) is 27.8 Å². The lowest BCUT2D eigenvalue weighted by Gasteiger charge is -2.12. The monoisotopic (exact) mass is 459 g/mol. The molecule has 7 heteroatoms. The highest BCUT2D eigenvalue weighted by Gasteiger charge is 2.11. The van der Waals surface area contributed by atoms with Crippen molar-refractivity contribution >= 4 is 32.5 Å². The van der Waals surface area contributed by atoms with E-state index in [1.165, 1.54) is 6.07 Å². The van der Waals surface area contributed by atoms with Crippen molar-refractivity contribution in [2.45, 2.75) is 6.92 Å². The second-order valence-corrected chi connectivity index (χ2v) is 8.49. The highest BCUT2D eigenvalue weighted by Crippen LogP contribution is 2.36. The molecule has 5 aromatic rings. The molecule has 0 aliphatic heterocycles. The minimum atomic E-state index is -0.373. The lowest BCUT2D eigenvalue weighted by molar-refractivity contribution is 0.211. The fraction of sp³-hybridized carbons (Fsp3) is 0.154. The highest BCUT2D eigenvalue weighted by molar-refractivity contribution is 7.21. The molecule has 2 heterocycles. The van der Waals surface area contributed by atoms with Gasteiger partial charge in [0.05, 0.1) is 17.3 Å². The Hall–Kier alpha value is -3.84. The molecule has 0 saturated heterocycles. The minimum absolute atomic E-state index is 0.324. The van der Waals surface area contributed by atoms with Crippen molar-refractivity contribution in [1.82, 2.24) is 4.98 Å². The number of ether oxygens (including phenoxy) is 3. The van der Waals surface area contributed by atoms with Gasteiger partial charge in [-0.3, -0.25) is 0 Å². The van der Waals surface area contributed by atoms with Crippen molar-refractivity contribution in [3.05, 3.63) is 82.7 Å². The van der Waals surface area contributed by atoms with Gasteiger partial charge in [0.1, 0.15) is 29.6 Å². The van der Waals surface area contributed by atoms with Crippen LogP contribution < -0.4 is 19.8 Å². The molecule has 0 amide bonds. The molecular formula is C26H21NO5S. The summed E-state index contributed by atoms with van der Waals surface area (Å²) in [5.41, 5.74) is 2.96. The summed E-state index contributed by atoms with van der Waals surface area (Å²) in [6, 6.07) is 20.8. The largest absolute Gasteiger partial charge is 0.493 e. The fourth-order valence-electron chi connectivity index (χ4n) is 3.62. The van der Waals surface area contributed by atoms with Gasteiger partial charge in [-0.2, -0.15) is 0 Å². The molecule has 0 aliphatic carbocycles. The van der Waals surface area contributed by atoms with Crippen molar-refractivity contribution in [2.75, 3.05) is 20.3 Å². The number of methoxy groups -OCH3 is 1. The van der Waals surface area contributed by atoms with E-state index in [4.69, 9.17) is 23.6 Å². The molecule has 0 fully saturated rings. The third-order valence-electron chi connectivity index (χ3n) is 5.24. The summed E-state index contributed by atoms with van der Waals surface area (Å²) in [4.78, 5) is 16.3. The van der Waals surface area contributed by atoms with Crippen LogP contribution in [0, 0.1) is 6.92 Å². The third-order valence-corrected chi connectivity index (χ3v) is 6.32. The van der Waals surface area contributed by atoms with Gasteiger partial charge in [0, 0.05) is 23.1 Å². The van der Waals surface area contributed by atoms with Gasteiger partial charge < -0.3 is 18.6 Å². The Labute approximate surface area is 194 Å². The number of aromatic nitrogens is 1. The molecule has 0 bridgehead atoms. The van der Waals surface area contributed by atoms with Gasteiger partial charge in [0.15, 0.2) is 11.5 Å². The second-order valence-electron chi connectivity index (χ2n) is 7.46. The summed E-state index contributed by atoms with van der Waals surface area (Å²) in [5, 5.41) is 1.82. The van der Waals surface area contributed by atoms with Crippen LogP contribution in [0.5, 0.6) is 17.2 Å². The molecular weight excluding hydrogens is 438 g/mol. The number of fused-ring (bicyclic) bond motifs is 2. The molecule has 0 aliphatic rings. The standard InChI is InChI=1S/C26H21NO5S/c1-16-13-25(28)32-22-15-18(8-9-19(16)22)30-11-12-31-21-10-7-17(14-23(21)29-2)26-27-20-5-3-4-6-24(20)33-26/h3-10,13-15H,11-12H2,1-2H3. The van der Waals surface area contributed by atoms with Crippen LogP contribution in [-0.4, -0.2) is 25.3 Å². The molecule has 2 aromatic heterocycles. The number of para-hydroxylation sites is 1. The maximum Gasteiger partial charge on any atom is 0.336 e. The van der Waals surface area contributed by atoms with Gasteiger partial charge >= 0.3 is 5.63 Å². The van der Waals surface area contributed by atoms with E-state index < -0.39 is 0 Å². The molecule has 6 nitrogen and oxygen atoms in total. The third kappa shape index (κ3) is 4.40. The molecule has 0 radical (unpaired) electrons. The van der Waals surface area contributed by atoms with Crippen LogP contribution in [0.4, 0.5) is 0 Å². The fourth-order valence-corrected chi connectivity index (χ4v) is 4.58. The lowest BCUT2D eigenvalue weighted by Crippen LogP contribution is -2.09. The molecule has 0 spiro atoms. The topological polar surface area (TPSA) is 70.8 Å². The summed E-state index contributed by atoms with van der Waals surface area (Å²) >= 11 is 1.64. The van der Waals surface area contributed by atoms with Crippen LogP contribution in [-0.2, 0) is 0 Å². The Bertz CT molecular complexity index is 1470. The van der Waals surface area contributed by atoms with Gasteiger partial charge in [0.2, 0.25) is 0 Å². The van der Waals surface area contributed by atoms with Gasteiger partial charge in [0.25, 0.3) is 0 Å². The van der Waals surface area contributed by atoms with Gasteiger partial charge in [-0.05, 0) is 55.0 Å². The number of nitrogens with zero attached hydrogens (tertiary/aromatic N) is 1. The van der Waals surface area contributed by atoms with E-state index in [2.05, 4.69) is 6.07 Å². The van der Waals surface area contributed by atoms with Gasteiger partial charge in [-0.25, -0.2) is 9.78 Å². The summed E-state index contributed by atoms with van der Waals surface area (Å²) in [5.74, 6) is 1.87. The zero-order valence-electron chi connectivity index (χ0n) is 18.2. The number of rotatable bonds is 7. The highest BCUT2D eigenvalue weighted by atomic mass is 32.1. The molecule has 0 unspecified atom stereocenters. The minimum Gasteiger partial charge on any atom is -0.493 e. The molecule has 0 atom stereocenters. The SMILES string of the molecule is COc1cc(-c2nc3ccccc3s2)ccc1OCCOc1ccc2c(C)cc(=O)oc2c1. The van der Waals surface area contributed by atoms with Crippen LogP contribution in [0.2, 0.25) is 0 Å². The molecule has 5 rings (SSSR count). The first kappa shape index (κ1) is 21.0. The number of hydrogen-bond donors (Lipinski definition) is 0. The Morgan fingerprint density at radius 2 is 1.79 bits per heavy atom. The Balaban J connectivity index is 1.25. The summed E-state index contributed by atoms with van der Waals surface area (Å²) < 4.78 is 23.6. The predicted octanol–water partition coefficient (Wildman–Crippen LogP) is 5.84. The van der Waals surface area contributed by atoms with Crippen LogP contribution in [0.3, 0.4) is 0 Å². The first-order valence-corrected chi connectivity index (χ1v) is 11.3. The second kappa shape index (κ2) is 8.96. The summed E-state index contributed by atoms with van der Waals surface area (Å²) in [6.45, 7) is 2.53. The van der Waals surface area contributed by atoms with Crippen LogP contribution in [0.1, 0.15) is 5.56 Å². The van der Waals surface area contributed by atoms with E-state index in [0.717, 1.165) is 31.7 Å². The number of hydrogen-bond acceptors (Lipinski definition) is 7. The number of benzene rings is 3.